The minimum absolute atomic E-state index is 0.208. The summed E-state index contributed by atoms with van der Waals surface area (Å²) >= 11 is 7.53. The first-order valence-electron chi connectivity index (χ1n) is 9.23. The molecule has 2 heterocycles. The first-order chi connectivity index (χ1) is 14.1. The number of rotatable bonds is 5. The maximum absolute atomic E-state index is 12.6. The number of fused-ring (bicyclic) bond motifs is 1. The van der Waals surface area contributed by atoms with Gasteiger partial charge in [0.2, 0.25) is 0 Å². The van der Waals surface area contributed by atoms with Gasteiger partial charge < -0.3 is 15.4 Å². The normalized spacial score (nSPS) is 15.1. The van der Waals surface area contributed by atoms with Crippen molar-refractivity contribution in [2.75, 3.05) is 18.5 Å². The zero-order valence-electron chi connectivity index (χ0n) is 15.5. The average Bonchev–Trinajstić information content (AvgIpc) is 3.28. The van der Waals surface area contributed by atoms with E-state index >= 15 is 0 Å². The molecule has 0 aliphatic carbocycles. The third-order valence-electron chi connectivity index (χ3n) is 4.73. The van der Waals surface area contributed by atoms with Gasteiger partial charge in [-0.15, -0.1) is 11.3 Å². The molecule has 2 N–H and O–H groups in total. The van der Waals surface area contributed by atoms with Gasteiger partial charge in [-0.3, -0.25) is 9.59 Å². The van der Waals surface area contributed by atoms with Gasteiger partial charge >= 0.3 is 0 Å². The summed E-state index contributed by atoms with van der Waals surface area (Å²) in [6.45, 7) is 1.08. The van der Waals surface area contributed by atoms with Crippen LogP contribution in [-0.2, 0) is 6.42 Å². The second-order valence-corrected chi connectivity index (χ2v) is 8.18. The van der Waals surface area contributed by atoms with Crippen molar-refractivity contribution in [2.24, 2.45) is 5.92 Å². The van der Waals surface area contributed by atoms with E-state index in [-0.39, 0.29) is 17.7 Å². The summed E-state index contributed by atoms with van der Waals surface area (Å²) < 4.78 is 5.77. The Hall–Kier alpha value is -2.83. The standard InChI is InChI=1S/C22H19ClN2O3S/c23-17-8-7-16(11-18(17)25-22(27)20-6-3-9-29-20)21(26)24-12-14-10-15-4-1-2-5-19(15)28-13-14/h1-9,11,14H,10,12-13H2,(H,24,26)(H,25,27). The number of halogens is 1. The average molecular weight is 427 g/mol. The van der Waals surface area contributed by atoms with Crippen molar-refractivity contribution >= 4 is 40.4 Å². The molecule has 148 valence electrons. The molecule has 0 saturated heterocycles. The number of hydrogen-bond donors (Lipinski definition) is 2. The lowest BCUT2D eigenvalue weighted by molar-refractivity contribution is 0.0938. The lowest BCUT2D eigenvalue weighted by atomic mass is 9.96. The number of benzene rings is 2. The number of anilines is 1. The molecule has 4 rings (SSSR count). The Labute approximate surface area is 177 Å². The smallest absolute Gasteiger partial charge is 0.265 e. The molecule has 0 fully saturated rings. The van der Waals surface area contributed by atoms with E-state index in [1.54, 1.807) is 30.3 Å². The van der Waals surface area contributed by atoms with E-state index < -0.39 is 0 Å². The van der Waals surface area contributed by atoms with Gasteiger partial charge in [0.05, 0.1) is 22.2 Å². The SMILES string of the molecule is O=C(NCC1COc2ccccc2C1)c1ccc(Cl)c(NC(=O)c2cccs2)c1. The number of thiophene rings is 1. The first kappa shape index (κ1) is 19.5. The molecule has 7 heteroatoms. The number of carbonyl (C=O) groups excluding carboxylic acids is 2. The van der Waals surface area contributed by atoms with E-state index in [2.05, 4.69) is 10.6 Å². The Morgan fingerprint density at radius 2 is 1.97 bits per heavy atom. The van der Waals surface area contributed by atoms with E-state index in [1.807, 2.05) is 29.6 Å². The molecule has 1 aliphatic rings. The molecule has 1 aliphatic heterocycles. The highest BCUT2D eigenvalue weighted by Gasteiger charge is 2.20. The lowest BCUT2D eigenvalue weighted by Gasteiger charge is -2.25. The fraction of sp³-hybridized carbons (Fsp3) is 0.182. The van der Waals surface area contributed by atoms with E-state index in [0.29, 0.717) is 34.3 Å². The van der Waals surface area contributed by atoms with Crippen molar-refractivity contribution in [3.8, 4) is 5.75 Å². The van der Waals surface area contributed by atoms with Crippen LogP contribution in [0.2, 0.25) is 5.02 Å². The molecule has 5 nitrogen and oxygen atoms in total. The molecule has 1 aromatic heterocycles. The molecular weight excluding hydrogens is 408 g/mol. The fourth-order valence-corrected chi connectivity index (χ4v) is 4.00. The van der Waals surface area contributed by atoms with Crippen LogP contribution >= 0.6 is 22.9 Å². The van der Waals surface area contributed by atoms with Crippen molar-refractivity contribution < 1.29 is 14.3 Å². The Morgan fingerprint density at radius 1 is 1.10 bits per heavy atom. The fourth-order valence-electron chi connectivity index (χ4n) is 3.22. The molecule has 3 aromatic rings. The monoisotopic (exact) mass is 426 g/mol. The number of carbonyl (C=O) groups is 2. The van der Waals surface area contributed by atoms with Crippen LogP contribution in [-0.4, -0.2) is 25.0 Å². The first-order valence-corrected chi connectivity index (χ1v) is 10.5. The van der Waals surface area contributed by atoms with Crippen molar-refractivity contribution in [1.82, 2.24) is 5.32 Å². The van der Waals surface area contributed by atoms with Gasteiger partial charge in [-0.25, -0.2) is 0 Å². The quantitative estimate of drug-likeness (QED) is 0.624. The molecule has 0 bridgehead atoms. The van der Waals surface area contributed by atoms with Crippen molar-refractivity contribution in [1.29, 1.82) is 0 Å². The summed E-state index contributed by atoms with van der Waals surface area (Å²) in [6.07, 6.45) is 0.860. The van der Waals surface area contributed by atoms with Gasteiger partial charge in [0.25, 0.3) is 11.8 Å². The van der Waals surface area contributed by atoms with Crippen LogP contribution < -0.4 is 15.4 Å². The van der Waals surface area contributed by atoms with E-state index in [1.165, 1.54) is 11.3 Å². The lowest BCUT2D eigenvalue weighted by Crippen LogP contribution is -2.34. The predicted octanol–water partition coefficient (Wildman–Crippen LogP) is 4.63. The predicted molar refractivity (Wildman–Crippen MR) is 115 cm³/mol. The van der Waals surface area contributed by atoms with Crippen LogP contribution in [0, 0.1) is 5.92 Å². The highest BCUT2D eigenvalue weighted by atomic mass is 35.5. The highest BCUT2D eigenvalue weighted by Crippen LogP contribution is 2.27. The van der Waals surface area contributed by atoms with Crippen LogP contribution in [0.3, 0.4) is 0 Å². The summed E-state index contributed by atoms with van der Waals surface area (Å²) in [5.74, 6) is 0.655. The van der Waals surface area contributed by atoms with Crippen LogP contribution in [0.4, 0.5) is 5.69 Å². The molecule has 2 amide bonds. The molecule has 1 atom stereocenters. The second-order valence-electron chi connectivity index (χ2n) is 6.82. The molecule has 1 unspecified atom stereocenters. The zero-order valence-corrected chi connectivity index (χ0v) is 17.1. The van der Waals surface area contributed by atoms with Crippen LogP contribution in [0.5, 0.6) is 5.75 Å². The molecule has 2 aromatic carbocycles. The summed E-state index contributed by atoms with van der Waals surface area (Å²) in [7, 11) is 0. The Morgan fingerprint density at radius 3 is 2.79 bits per heavy atom. The Balaban J connectivity index is 1.38. The minimum atomic E-state index is -0.252. The van der Waals surface area contributed by atoms with Crippen LogP contribution in [0.25, 0.3) is 0 Å². The van der Waals surface area contributed by atoms with Crippen molar-refractivity contribution in [3.63, 3.8) is 0 Å². The highest BCUT2D eigenvalue weighted by molar-refractivity contribution is 7.12. The minimum Gasteiger partial charge on any atom is -0.493 e. The second kappa shape index (κ2) is 8.68. The van der Waals surface area contributed by atoms with Gasteiger partial charge in [0.1, 0.15) is 5.75 Å². The summed E-state index contributed by atoms with van der Waals surface area (Å²) in [6, 6.07) is 16.3. The van der Waals surface area contributed by atoms with E-state index in [4.69, 9.17) is 16.3 Å². The van der Waals surface area contributed by atoms with Gasteiger partial charge in [0, 0.05) is 18.0 Å². The van der Waals surface area contributed by atoms with E-state index in [9.17, 15) is 9.59 Å². The molecule has 29 heavy (non-hydrogen) atoms. The number of amides is 2. The Kier molecular flexibility index (Phi) is 5.83. The largest absolute Gasteiger partial charge is 0.493 e. The number of hydrogen-bond acceptors (Lipinski definition) is 4. The Bertz CT molecular complexity index is 1040. The van der Waals surface area contributed by atoms with Crippen molar-refractivity contribution in [2.45, 2.75) is 6.42 Å². The van der Waals surface area contributed by atoms with Gasteiger partial charge in [0.15, 0.2) is 0 Å². The molecule has 0 radical (unpaired) electrons. The van der Waals surface area contributed by atoms with Crippen molar-refractivity contribution in [3.05, 3.63) is 81.0 Å². The maximum atomic E-state index is 12.6. The summed E-state index contributed by atoms with van der Waals surface area (Å²) in [5.41, 5.74) is 2.00. The van der Waals surface area contributed by atoms with Gasteiger partial charge in [-0.05, 0) is 47.7 Å². The van der Waals surface area contributed by atoms with Crippen LogP contribution in [0.1, 0.15) is 25.6 Å². The van der Waals surface area contributed by atoms with Gasteiger partial charge in [-0.1, -0.05) is 35.9 Å². The maximum Gasteiger partial charge on any atom is 0.265 e. The zero-order chi connectivity index (χ0) is 20.2. The topological polar surface area (TPSA) is 67.4 Å². The van der Waals surface area contributed by atoms with Crippen LogP contribution in [0.15, 0.2) is 60.0 Å². The number of nitrogens with one attached hydrogen (secondary N) is 2. The molecule has 0 saturated carbocycles. The third kappa shape index (κ3) is 4.60. The third-order valence-corrected chi connectivity index (χ3v) is 5.93. The number of ether oxygens (including phenoxy) is 1. The molecule has 0 spiro atoms. The summed E-state index contributed by atoms with van der Waals surface area (Å²) in [4.78, 5) is 25.5. The van der Waals surface area contributed by atoms with Gasteiger partial charge in [-0.2, -0.15) is 0 Å². The van der Waals surface area contributed by atoms with E-state index in [0.717, 1.165) is 17.7 Å². The number of para-hydroxylation sites is 1. The molecular formula is C22H19ClN2O3S. The summed E-state index contributed by atoms with van der Waals surface area (Å²) in [5, 5.41) is 7.92.